The first-order chi connectivity index (χ1) is 14.0. The van der Waals surface area contributed by atoms with Gasteiger partial charge >= 0.3 is 0 Å². The SMILES string of the molecule is CC1=NN(Cc2ccccc2)C(=O)/C1=C\c1c(C)[nH]n(Cc2ccccc2)c1=O. The van der Waals surface area contributed by atoms with Gasteiger partial charge in [-0.2, -0.15) is 5.10 Å². The third-order valence-electron chi connectivity index (χ3n) is 4.95. The molecule has 0 fully saturated rings. The monoisotopic (exact) mass is 386 g/mol. The molecule has 6 heteroatoms. The van der Waals surface area contributed by atoms with Crippen molar-refractivity contribution in [2.75, 3.05) is 0 Å². The molecule has 0 atom stereocenters. The number of benzene rings is 2. The molecule has 1 aliphatic heterocycles. The van der Waals surface area contributed by atoms with E-state index in [2.05, 4.69) is 10.2 Å². The van der Waals surface area contributed by atoms with Crippen LogP contribution in [-0.2, 0) is 17.9 Å². The van der Waals surface area contributed by atoms with Crippen molar-refractivity contribution in [1.82, 2.24) is 14.8 Å². The molecule has 0 saturated heterocycles. The molecule has 2 heterocycles. The molecule has 1 amide bonds. The predicted molar refractivity (Wildman–Crippen MR) is 113 cm³/mol. The van der Waals surface area contributed by atoms with Crippen LogP contribution in [0.15, 0.2) is 76.1 Å². The van der Waals surface area contributed by atoms with Gasteiger partial charge in [-0.25, -0.2) is 9.69 Å². The van der Waals surface area contributed by atoms with E-state index >= 15 is 0 Å². The molecule has 146 valence electrons. The fourth-order valence-electron chi connectivity index (χ4n) is 3.41. The van der Waals surface area contributed by atoms with Gasteiger partial charge < -0.3 is 0 Å². The molecule has 0 aliphatic carbocycles. The Balaban J connectivity index is 1.60. The van der Waals surface area contributed by atoms with Gasteiger partial charge in [0, 0.05) is 5.69 Å². The van der Waals surface area contributed by atoms with Crippen LogP contribution in [0.4, 0.5) is 0 Å². The van der Waals surface area contributed by atoms with Crippen molar-refractivity contribution in [3.05, 3.63) is 99.0 Å². The zero-order valence-electron chi connectivity index (χ0n) is 16.4. The van der Waals surface area contributed by atoms with E-state index in [1.54, 1.807) is 17.7 Å². The van der Waals surface area contributed by atoms with Gasteiger partial charge in [0.25, 0.3) is 11.5 Å². The van der Waals surface area contributed by atoms with Crippen molar-refractivity contribution in [3.63, 3.8) is 0 Å². The zero-order chi connectivity index (χ0) is 20.4. The van der Waals surface area contributed by atoms with Gasteiger partial charge in [-0.1, -0.05) is 60.7 Å². The number of aromatic nitrogens is 2. The first-order valence-corrected chi connectivity index (χ1v) is 9.49. The summed E-state index contributed by atoms with van der Waals surface area (Å²) in [5, 5.41) is 8.95. The topological polar surface area (TPSA) is 70.5 Å². The van der Waals surface area contributed by atoms with Crippen molar-refractivity contribution in [2.45, 2.75) is 26.9 Å². The van der Waals surface area contributed by atoms with Crippen LogP contribution in [0, 0.1) is 6.92 Å². The van der Waals surface area contributed by atoms with Crippen LogP contribution in [0.2, 0.25) is 0 Å². The average molecular weight is 386 g/mol. The number of nitrogens with zero attached hydrogens (tertiary/aromatic N) is 3. The molecule has 0 radical (unpaired) electrons. The van der Waals surface area contributed by atoms with E-state index in [1.807, 2.05) is 67.6 Å². The van der Waals surface area contributed by atoms with Crippen molar-refractivity contribution in [1.29, 1.82) is 0 Å². The van der Waals surface area contributed by atoms with Gasteiger partial charge in [0.1, 0.15) is 0 Å². The minimum absolute atomic E-state index is 0.152. The number of rotatable bonds is 5. The Morgan fingerprint density at radius 3 is 2.10 bits per heavy atom. The second kappa shape index (κ2) is 7.75. The first kappa shape index (κ1) is 18.7. The van der Waals surface area contributed by atoms with Gasteiger partial charge in [-0.05, 0) is 31.1 Å². The summed E-state index contributed by atoms with van der Waals surface area (Å²) in [6, 6.07) is 19.5. The van der Waals surface area contributed by atoms with Gasteiger partial charge in [0.05, 0.1) is 29.9 Å². The van der Waals surface area contributed by atoms with Crippen LogP contribution in [0.1, 0.15) is 29.3 Å². The smallest absolute Gasteiger partial charge is 0.276 e. The number of carbonyl (C=O) groups is 1. The normalized spacial score (nSPS) is 15.2. The summed E-state index contributed by atoms with van der Waals surface area (Å²) in [5.74, 6) is -0.194. The number of aryl methyl sites for hydroxylation is 1. The minimum atomic E-state index is -0.194. The molecule has 0 bridgehead atoms. The minimum Gasteiger partial charge on any atom is -0.299 e. The average Bonchev–Trinajstić information content (AvgIpc) is 3.14. The number of H-pyrrole nitrogens is 1. The van der Waals surface area contributed by atoms with Crippen LogP contribution in [0.3, 0.4) is 0 Å². The fraction of sp³-hybridized carbons (Fsp3) is 0.174. The highest BCUT2D eigenvalue weighted by Crippen LogP contribution is 2.20. The molecule has 1 aromatic heterocycles. The predicted octanol–water partition coefficient (Wildman–Crippen LogP) is 3.33. The van der Waals surface area contributed by atoms with Crippen molar-refractivity contribution >= 4 is 17.7 Å². The second-order valence-electron chi connectivity index (χ2n) is 7.12. The Kier molecular flexibility index (Phi) is 4.99. The number of hydrazone groups is 1. The fourth-order valence-corrected chi connectivity index (χ4v) is 3.41. The summed E-state index contributed by atoms with van der Waals surface area (Å²) in [6.07, 6.45) is 1.65. The molecule has 0 saturated carbocycles. The Morgan fingerprint density at radius 2 is 1.48 bits per heavy atom. The van der Waals surface area contributed by atoms with E-state index in [-0.39, 0.29) is 11.5 Å². The Bertz CT molecular complexity index is 1150. The van der Waals surface area contributed by atoms with Crippen LogP contribution >= 0.6 is 0 Å². The Hall–Kier alpha value is -3.67. The van der Waals surface area contributed by atoms with E-state index in [4.69, 9.17) is 0 Å². The maximum Gasteiger partial charge on any atom is 0.276 e. The largest absolute Gasteiger partial charge is 0.299 e. The molecule has 1 aliphatic rings. The first-order valence-electron chi connectivity index (χ1n) is 9.49. The van der Waals surface area contributed by atoms with E-state index in [0.717, 1.165) is 16.8 Å². The molecule has 2 aromatic carbocycles. The van der Waals surface area contributed by atoms with Crippen molar-refractivity contribution in [3.8, 4) is 0 Å². The quantitative estimate of drug-likeness (QED) is 0.683. The maximum absolute atomic E-state index is 12.9. The molecule has 0 spiro atoms. The lowest BCUT2D eigenvalue weighted by Crippen LogP contribution is -2.22. The van der Waals surface area contributed by atoms with Gasteiger partial charge in [0.2, 0.25) is 0 Å². The summed E-state index contributed by atoms with van der Waals surface area (Å²) in [6.45, 7) is 4.48. The third-order valence-corrected chi connectivity index (χ3v) is 4.95. The second-order valence-corrected chi connectivity index (χ2v) is 7.12. The Labute approximate surface area is 168 Å². The van der Waals surface area contributed by atoms with E-state index in [0.29, 0.717) is 29.9 Å². The lowest BCUT2D eigenvalue weighted by Gasteiger charge is -2.11. The van der Waals surface area contributed by atoms with Gasteiger partial charge in [-0.3, -0.25) is 14.7 Å². The maximum atomic E-state index is 12.9. The summed E-state index contributed by atoms with van der Waals surface area (Å²) in [5.41, 5.74) is 4.15. The summed E-state index contributed by atoms with van der Waals surface area (Å²) < 4.78 is 1.56. The van der Waals surface area contributed by atoms with Gasteiger partial charge in [-0.15, -0.1) is 0 Å². The highest BCUT2D eigenvalue weighted by Gasteiger charge is 2.28. The van der Waals surface area contributed by atoms with Crippen LogP contribution < -0.4 is 5.56 Å². The van der Waals surface area contributed by atoms with E-state index in [1.165, 1.54) is 5.01 Å². The van der Waals surface area contributed by atoms with Crippen LogP contribution in [0.5, 0.6) is 0 Å². The number of nitrogens with one attached hydrogen (secondary N) is 1. The third kappa shape index (κ3) is 3.82. The van der Waals surface area contributed by atoms with E-state index < -0.39 is 0 Å². The molecule has 0 unspecified atom stereocenters. The molecule has 3 aromatic rings. The summed E-state index contributed by atoms with van der Waals surface area (Å²) in [7, 11) is 0. The lowest BCUT2D eigenvalue weighted by molar-refractivity contribution is -0.126. The van der Waals surface area contributed by atoms with Gasteiger partial charge in [0.15, 0.2) is 0 Å². The number of hydrogen-bond acceptors (Lipinski definition) is 3. The zero-order valence-corrected chi connectivity index (χ0v) is 16.4. The summed E-state index contributed by atoms with van der Waals surface area (Å²) in [4.78, 5) is 25.8. The molecular formula is C23H22N4O2. The van der Waals surface area contributed by atoms with Crippen LogP contribution in [-0.4, -0.2) is 26.4 Å². The standard InChI is InChI=1S/C23H22N4O2/c1-16-20(22(28)26(24-16)14-18-9-5-3-6-10-18)13-21-17(2)25-27(23(21)29)15-19-11-7-4-8-12-19/h3-13,24H,14-15H2,1-2H3/b21-13-. The number of carbonyl (C=O) groups excluding carboxylic acids is 1. The van der Waals surface area contributed by atoms with Crippen molar-refractivity contribution < 1.29 is 4.79 Å². The molecular weight excluding hydrogens is 364 g/mol. The molecule has 4 rings (SSSR count). The number of amides is 1. The highest BCUT2D eigenvalue weighted by molar-refractivity contribution is 6.26. The number of hydrogen-bond donors (Lipinski definition) is 1. The Morgan fingerprint density at radius 1 is 0.897 bits per heavy atom. The molecule has 29 heavy (non-hydrogen) atoms. The molecule has 1 N–H and O–H groups in total. The van der Waals surface area contributed by atoms with Crippen molar-refractivity contribution in [2.24, 2.45) is 5.10 Å². The highest BCUT2D eigenvalue weighted by atomic mass is 16.2. The molecule has 6 nitrogen and oxygen atoms in total. The van der Waals surface area contributed by atoms with E-state index in [9.17, 15) is 9.59 Å². The van der Waals surface area contributed by atoms with Crippen LogP contribution in [0.25, 0.3) is 6.08 Å². The number of aromatic amines is 1. The lowest BCUT2D eigenvalue weighted by atomic mass is 10.1. The summed E-state index contributed by atoms with van der Waals surface area (Å²) >= 11 is 0.